The van der Waals surface area contributed by atoms with Gasteiger partial charge in [0, 0.05) is 21.9 Å². The molecule has 2 heterocycles. The van der Waals surface area contributed by atoms with E-state index in [-0.39, 0.29) is 34.9 Å². The quantitative estimate of drug-likeness (QED) is 0.259. The van der Waals surface area contributed by atoms with E-state index < -0.39 is 13.2 Å². The van der Waals surface area contributed by atoms with E-state index in [0.29, 0.717) is 36.9 Å². The van der Waals surface area contributed by atoms with E-state index in [1.54, 1.807) is 23.8 Å². The van der Waals surface area contributed by atoms with Crippen LogP contribution in [0.25, 0.3) is 0 Å². The molecule has 0 aromatic heterocycles. The number of benzene rings is 2. The summed E-state index contributed by atoms with van der Waals surface area (Å²) in [7, 11) is 1.15. The number of carbonyl (C=O) groups is 2. The van der Waals surface area contributed by atoms with Crippen molar-refractivity contribution in [2.24, 2.45) is 23.0 Å². The number of nitrogens with two attached hydrogens (primary N) is 1. The largest absolute Gasteiger partial charge is 0.497 e. The Bertz CT molecular complexity index is 1360. The fraction of sp³-hybridized carbons (Fsp3) is 0.588. The van der Waals surface area contributed by atoms with Crippen LogP contribution in [0.5, 0.6) is 5.75 Å². The molecule has 2 aromatic carbocycles. The molecule has 2 aliphatic heterocycles. The molecule has 236 valence electrons. The van der Waals surface area contributed by atoms with Crippen molar-refractivity contribution in [1.29, 1.82) is 0 Å². The number of hydrogen-bond donors (Lipinski definition) is 2. The highest BCUT2D eigenvalue weighted by Crippen LogP contribution is 2.65. The van der Waals surface area contributed by atoms with Crippen LogP contribution >= 0.6 is 11.8 Å². The second-order valence-electron chi connectivity index (χ2n) is 13.7. The molecular formula is C34H46BN3O5S. The van der Waals surface area contributed by atoms with Crippen molar-refractivity contribution in [3.8, 4) is 5.75 Å². The lowest BCUT2D eigenvalue weighted by Crippen LogP contribution is -2.65. The van der Waals surface area contributed by atoms with Gasteiger partial charge in [-0.25, -0.2) is 0 Å². The van der Waals surface area contributed by atoms with E-state index in [0.717, 1.165) is 47.6 Å². The third kappa shape index (κ3) is 5.91. The summed E-state index contributed by atoms with van der Waals surface area (Å²) in [6.07, 6.45) is 6.12. The number of rotatable bonds is 11. The number of carbonyl (C=O) groups excluding carboxylic acids is 2. The lowest BCUT2D eigenvalue weighted by molar-refractivity contribution is -0.199. The molecule has 7 rings (SSSR count). The van der Waals surface area contributed by atoms with Gasteiger partial charge < -0.3 is 30.0 Å². The van der Waals surface area contributed by atoms with Gasteiger partial charge in [-0.05, 0) is 112 Å². The summed E-state index contributed by atoms with van der Waals surface area (Å²) in [6.45, 7) is 8.06. The van der Waals surface area contributed by atoms with E-state index in [4.69, 9.17) is 19.8 Å². The number of amides is 2. The van der Waals surface area contributed by atoms with Crippen molar-refractivity contribution in [2.75, 3.05) is 20.2 Å². The van der Waals surface area contributed by atoms with Gasteiger partial charge in [0.1, 0.15) is 11.8 Å². The molecule has 5 fully saturated rings. The molecule has 0 unspecified atom stereocenters. The van der Waals surface area contributed by atoms with Gasteiger partial charge in [0.2, 0.25) is 5.91 Å². The molecule has 2 saturated heterocycles. The summed E-state index contributed by atoms with van der Waals surface area (Å²) in [5.41, 5.74) is 6.30. The van der Waals surface area contributed by atoms with Gasteiger partial charge in [0.25, 0.3) is 5.91 Å². The maximum Gasteiger partial charge on any atom is 0.481 e. The molecular weight excluding hydrogens is 573 g/mol. The van der Waals surface area contributed by atoms with Crippen molar-refractivity contribution in [2.45, 2.75) is 99.2 Å². The van der Waals surface area contributed by atoms with Gasteiger partial charge in [0.05, 0.1) is 24.8 Å². The Hall–Kier alpha value is -2.53. The number of nitrogens with zero attached hydrogens (tertiary/aromatic N) is 1. The van der Waals surface area contributed by atoms with E-state index in [1.807, 2.05) is 48.5 Å². The smallest absolute Gasteiger partial charge is 0.481 e. The maximum atomic E-state index is 13.9. The van der Waals surface area contributed by atoms with Gasteiger partial charge in [-0.3, -0.25) is 9.59 Å². The highest BCUT2D eigenvalue weighted by molar-refractivity contribution is 7.99. The van der Waals surface area contributed by atoms with Crippen LogP contribution in [-0.2, 0) is 14.1 Å². The van der Waals surface area contributed by atoms with Crippen molar-refractivity contribution in [3.05, 3.63) is 54.1 Å². The Morgan fingerprint density at radius 1 is 1.14 bits per heavy atom. The molecule has 3 saturated carbocycles. The zero-order valence-electron chi connectivity index (χ0n) is 26.4. The first kappa shape index (κ1) is 31.5. The summed E-state index contributed by atoms with van der Waals surface area (Å²) in [5.74, 6) is 1.37. The lowest BCUT2D eigenvalue weighted by atomic mass is 9.43. The van der Waals surface area contributed by atoms with E-state index in [2.05, 4.69) is 26.1 Å². The first-order valence-corrected chi connectivity index (χ1v) is 17.0. The first-order valence-electron chi connectivity index (χ1n) is 16.2. The average Bonchev–Trinajstić information content (AvgIpc) is 3.65. The first-order chi connectivity index (χ1) is 21.1. The van der Waals surface area contributed by atoms with Crippen molar-refractivity contribution in [3.63, 3.8) is 0 Å². The van der Waals surface area contributed by atoms with Crippen LogP contribution in [0.1, 0.15) is 76.1 Å². The Balaban J connectivity index is 1.13. The van der Waals surface area contributed by atoms with Gasteiger partial charge in [-0.1, -0.05) is 38.1 Å². The third-order valence-corrected chi connectivity index (χ3v) is 11.8. The molecule has 5 aliphatic rings. The SMILES string of the molecule is COc1ccc(Sc2cccc(C(=O)N3CCC[C@H]3C(=O)N[C@@H](CCCCN)B3O[C@@H]4C[C@@H]5C[C@@H](C5(C)C)[C@]4(C)O3)c2)cc1. The predicted octanol–water partition coefficient (Wildman–Crippen LogP) is 5.33. The van der Waals surface area contributed by atoms with Crippen molar-refractivity contribution in [1.82, 2.24) is 10.2 Å². The predicted molar refractivity (Wildman–Crippen MR) is 173 cm³/mol. The highest BCUT2D eigenvalue weighted by Gasteiger charge is 2.68. The number of likely N-dealkylation sites (tertiary alicyclic amines) is 1. The minimum atomic E-state index is -0.525. The molecule has 2 bridgehead atoms. The molecule has 2 amide bonds. The van der Waals surface area contributed by atoms with Crippen molar-refractivity contribution >= 4 is 30.7 Å². The zero-order chi connectivity index (χ0) is 31.1. The Morgan fingerprint density at radius 2 is 1.93 bits per heavy atom. The second-order valence-corrected chi connectivity index (χ2v) is 14.8. The highest BCUT2D eigenvalue weighted by atomic mass is 32.2. The normalized spacial score (nSPS) is 29.1. The van der Waals surface area contributed by atoms with Crippen LogP contribution in [0.4, 0.5) is 0 Å². The number of methoxy groups -OCH3 is 1. The van der Waals surface area contributed by atoms with Crippen LogP contribution in [0.3, 0.4) is 0 Å². The number of ether oxygens (including phenoxy) is 1. The van der Waals surface area contributed by atoms with Gasteiger partial charge in [0.15, 0.2) is 0 Å². The molecule has 0 spiro atoms. The average molecular weight is 620 g/mol. The fourth-order valence-corrected chi connectivity index (χ4v) is 8.93. The Kier molecular flexibility index (Phi) is 9.08. The second kappa shape index (κ2) is 12.7. The van der Waals surface area contributed by atoms with Gasteiger partial charge >= 0.3 is 7.12 Å². The number of nitrogens with one attached hydrogen (secondary N) is 1. The molecule has 3 aliphatic carbocycles. The maximum absolute atomic E-state index is 13.9. The Labute approximate surface area is 266 Å². The molecule has 2 aromatic rings. The molecule has 8 nitrogen and oxygen atoms in total. The summed E-state index contributed by atoms with van der Waals surface area (Å²) < 4.78 is 18.6. The minimum Gasteiger partial charge on any atom is -0.497 e. The summed E-state index contributed by atoms with van der Waals surface area (Å²) >= 11 is 1.59. The Morgan fingerprint density at radius 3 is 2.66 bits per heavy atom. The number of unbranched alkanes of at least 4 members (excludes halogenated alkanes) is 1. The molecule has 3 N–H and O–H groups in total. The monoisotopic (exact) mass is 619 g/mol. The molecule has 6 atom stereocenters. The van der Waals surface area contributed by atoms with E-state index in [1.165, 1.54) is 6.42 Å². The van der Waals surface area contributed by atoms with Crippen LogP contribution in [0, 0.1) is 17.3 Å². The summed E-state index contributed by atoms with van der Waals surface area (Å²) in [5, 5.41) is 3.29. The fourth-order valence-electron chi connectivity index (χ4n) is 8.06. The molecule has 0 radical (unpaired) electrons. The van der Waals surface area contributed by atoms with Crippen LogP contribution in [-0.4, -0.2) is 67.7 Å². The molecule has 44 heavy (non-hydrogen) atoms. The molecule has 10 heteroatoms. The topological polar surface area (TPSA) is 103 Å². The van der Waals surface area contributed by atoms with Gasteiger partial charge in [-0.2, -0.15) is 0 Å². The summed E-state index contributed by atoms with van der Waals surface area (Å²) in [6, 6.07) is 15.0. The lowest BCUT2D eigenvalue weighted by Gasteiger charge is -2.64. The third-order valence-electron chi connectivity index (χ3n) is 10.8. The van der Waals surface area contributed by atoms with Crippen molar-refractivity contribution < 1.29 is 23.6 Å². The minimum absolute atomic E-state index is 0.0470. The van der Waals surface area contributed by atoms with E-state index in [9.17, 15) is 9.59 Å². The van der Waals surface area contributed by atoms with Crippen LogP contribution in [0.15, 0.2) is 58.3 Å². The van der Waals surface area contributed by atoms with Gasteiger partial charge in [-0.15, -0.1) is 0 Å². The van der Waals surface area contributed by atoms with Crippen LogP contribution in [0.2, 0.25) is 0 Å². The van der Waals surface area contributed by atoms with E-state index >= 15 is 0 Å². The van der Waals surface area contributed by atoms with Crippen LogP contribution < -0.4 is 15.8 Å². The standard InChI is InChI=1S/C34H46BN3O5S/c1-33(2)23-20-28(33)34(3)29(21-23)42-35(43-34)30(12-5-6-17-36)37-31(39)27-11-8-18-38(27)32(40)22-9-7-10-26(19-22)44-25-15-13-24(41-4)14-16-25/h7,9-10,13-16,19,23,27-30H,5-6,8,11-12,17-18,20-21,36H2,1-4H3,(H,37,39)/t23-,27-,28-,29+,30-,34-/m0/s1. The summed E-state index contributed by atoms with van der Waals surface area (Å²) in [4.78, 5) is 31.4. The zero-order valence-corrected chi connectivity index (χ0v) is 27.2. The number of hydrogen-bond acceptors (Lipinski definition) is 7.